The fraction of sp³-hybridized carbons (Fsp3) is 0.400. The van der Waals surface area contributed by atoms with Gasteiger partial charge in [-0.25, -0.2) is 0 Å². The molecule has 1 aromatic rings. The maximum Gasteiger partial charge on any atom is 0.115 e. The third-order valence-electron chi connectivity index (χ3n) is 2.64. The molecule has 0 atom stereocenters. The van der Waals surface area contributed by atoms with Gasteiger partial charge in [0.2, 0.25) is 0 Å². The van der Waals surface area contributed by atoms with Gasteiger partial charge in [-0.3, -0.25) is 0 Å². The highest BCUT2D eigenvalue weighted by molar-refractivity contribution is 7.80. The Kier molecular flexibility index (Phi) is 1.80. The lowest BCUT2D eigenvalue weighted by Gasteiger charge is -2.11. The predicted octanol–water partition coefficient (Wildman–Crippen LogP) is 2.35. The summed E-state index contributed by atoms with van der Waals surface area (Å²) in [6.45, 7) is 0. The van der Waals surface area contributed by atoms with Gasteiger partial charge in [0.05, 0.1) is 0 Å². The lowest BCUT2D eigenvalue weighted by molar-refractivity contribution is 0.475. The second kappa shape index (κ2) is 2.70. The van der Waals surface area contributed by atoms with E-state index < -0.39 is 0 Å². The van der Waals surface area contributed by atoms with Gasteiger partial charge in [0.15, 0.2) is 0 Å². The van der Waals surface area contributed by atoms with Crippen molar-refractivity contribution >= 4 is 12.6 Å². The summed E-state index contributed by atoms with van der Waals surface area (Å²) in [5, 5.41) is 9.10. The lowest BCUT2D eigenvalue weighted by Crippen LogP contribution is -2.07. The minimum atomic E-state index is 0.330. The van der Waals surface area contributed by atoms with Crippen LogP contribution in [0.3, 0.4) is 0 Å². The summed E-state index contributed by atoms with van der Waals surface area (Å²) in [4.78, 5) is 0. The van der Waals surface area contributed by atoms with E-state index in [4.69, 9.17) is 5.11 Å². The Morgan fingerprint density at radius 2 is 1.83 bits per heavy atom. The predicted molar refractivity (Wildman–Crippen MR) is 52.9 cm³/mol. The number of rotatable bonds is 2. The molecule has 1 N–H and O–H groups in total. The van der Waals surface area contributed by atoms with E-state index in [1.165, 1.54) is 18.4 Å². The van der Waals surface area contributed by atoms with Gasteiger partial charge in [-0.1, -0.05) is 12.1 Å². The van der Waals surface area contributed by atoms with E-state index in [0.717, 1.165) is 5.75 Å². The summed E-state index contributed by atoms with van der Waals surface area (Å²) in [6.07, 6.45) is 2.47. The third kappa shape index (κ3) is 1.20. The average molecular weight is 180 g/mol. The van der Waals surface area contributed by atoms with Crippen molar-refractivity contribution in [2.45, 2.75) is 18.3 Å². The van der Waals surface area contributed by atoms with Crippen molar-refractivity contribution < 1.29 is 5.11 Å². The van der Waals surface area contributed by atoms with Crippen LogP contribution in [0, 0.1) is 0 Å². The second-order valence-electron chi connectivity index (χ2n) is 3.49. The highest BCUT2D eigenvalue weighted by Crippen LogP contribution is 2.48. The molecule has 0 spiro atoms. The van der Waals surface area contributed by atoms with Crippen molar-refractivity contribution in [3.05, 3.63) is 29.8 Å². The van der Waals surface area contributed by atoms with Gasteiger partial charge >= 0.3 is 0 Å². The van der Waals surface area contributed by atoms with Crippen LogP contribution in [0.2, 0.25) is 0 Å². The Morgan fingerprint density at radius 3 is 2.25 bits per heavy atom. The molecule has 12 heavy (non-hydrogen) atoms. The van der Waals surface area contributed by atoms with Crippen LogP contribution >= 0.6 is 12.6 Å². The van der Waals surface area contributed by atoms with Crippen LogP contribution in [-0.4, -0.2) is 10.9 Å². The van der Waals surface area contributed by atoms with E-state index in [1.807, 2.05) is 12.1 Å². The van der Waals surface area contributed by atoms with Crippen molar-refractivity contribution in [3.8, 4) is 5.75 Å². The van der Waals surface area contributed by atoms with Crippen LogP contribution in [-0.2, 0) is 5.41 Å². The van der Waals surface area contributed by atoms with Gasteiger partial charge in [0, 0.05) is 5.41 Å². The molecular weight excluding hydrogens is 168 g/mol. The summed E-state index contributed by atoms with van der Waals surface area (Å²) in [6, 6.07) is 7.49. The van der Waals surface area contributed by atoms with Crippen molar-refractivity contribution in [2.75, 3.05) is 5.75 Å². The SMILES string of the molecule is Oc1ccc(C2(CS)CC2)cc1. The summed E-state index contributed by atoms with van der Waals surface area (Å²) < 4.78 is 0. The van der Waals surface area contributed by atoms with Gasteiger partial charge in [-0.15, -0.1) is 0 Å². The minimum Gasteiger partial charge on any atom is -0.508 e. The Bertz CT molecular complexity index is 274. The van der Waals surface area contributed by atoms with Crippen LogP contribution in [0.15, 0.2) is 24.3 Å². The molecule has 1 aliphatic carbocycles. The molecule has 0 saturated heterocycles. The summed E-state index contributed by atoms with van der Waals surface area (Å²) in [7, 11) is 0. The zero-order valence-electron chi connectivity index (χ0n) is 6.83. The topological polar surface area (TPSA) is 20.2 Å². The van der Waals surface area contributed by atoms with E-state index in [-0.39, 0.29) is 0 Å². The maximum absolute atomic E-state index is 9.10. The first-order valence-corrected chi connectivity index (χ1v) is 4.80. The summed E-state index contributed by atoms with van der Waals surface area (Å²) in [5.74, 6) is 1.26. The number of aromatic hydroxyl groups is 1. The third-order valence-corrected chi connectivity index (χ3v) is 3.24. The zero-order chi connectivity index (χ0) is 8.60. The molecule has 1 nitrogen and oxygen atoms in total. The van der Waals surface area contributed by atoms with Crippen LogP contribution in [0.25, 0.3) is 0 Å². The molecule has 2 heteroatoms. The number of hydrogen-bond donors (Lipinski definition) is 2. The molecule has 64 valence electrons. The van der Waals surface area contributed by atoms with Crippen LogP contribution < -0.4 is 0 Å². The van der Waals surface area contributed by atoms with Crippen LogP contribution in [0.1, 0.15) is 18.4 Å². The largest absolute Gasteiger partial charge is 0.508 e. The Morgan fingerprint density at radius 1 is 1.25 bits per heavy atom. The zero-order valence-corrected chi connectivity index (χ0v) is 7.72. The first kappa shape index (κ1) is 7.99. The molecule has 1 saturated carbocycles. The van der Waals surface area contributed by atoms with Crippen molar-refractivity contribution in [2.24, 2.45) is 0 Å². The van der Waals surface area contributed by atoms with Gasteiger partial charge in [0.1, 0.15) is 5.75 Å². The minimum absolute atomic E-state index is 0.330. The van der Waals surface area contributed by atoms with Crippen LogP contribution in [0.5, 0.6) is 5.75 Å². The molecule has 0 heterocycles. The standard InChI is InChI=1S/C10H12OS/c11-9-3-1-8(2-4-9)10(7-12)5-6-10/h1-4,11-12H,5-7H2. The Hall–Kier alpha value is -0.630. The first-order chi connectivity index (χ1) is 5.77. The fourth-order valence-corrected chi connectivity index (χ4v) is 2.00. The Balaban J connectivity index is 2.29. The number of phenolic OH excluding ortho intramolecular Hbond substituents is 1. The number of hydrogen-bond acceptors (Lipinski definition) is 2. The van der Waals surface area contributed by atoms with Gasteiger partial charge in [0.25, 0.3) is 0 Å². The van der Waals surface area contributed by atoms with E-state index in [9.17, 15) is 0 Å². The molecule has 1 aromatic carbocycles. The van der Waals surface area contributed by atoms with Gasteiger partial charge in [-0.05, 0) is 36.3 Å². The van der Waals surface area contributed by atoms with Crippen molar-refractivity contribution in [1.29, 1.82) is 0 Å². The summed E-state index contributed by atoms with van der Waals surface area (Å²) in [5.41, 5.74) is 1.65. The number of thiol groups is 1. The normalized spacial score (nSPS) is 19.1. The van der Waals surface area contributed by atoms with E-state index in [1.54, 1.807) is 12.1 Å². The Labute approximate surface area is 77.8 Å². The van der Waals surface area contributed by atoms with Crippen molar-refractivity contribution in [1.82, 2.24) is 0 Å². The lowest BCUT2D eigenvalue weighted by atomic mass is 9.98. The van der Waals surface area contributed by atoms with E-state index >= 15 is 0 Å². The first-order valence-electron chi connectivity index (χ1n) is 4.17. The highest BCUT2D eigenvalue weighted by Gasteiger charge is 2.42. The highest BCUT2D eigenvalue weighted by atomic mass is 32.1. The number of benzene rings is 1. The average Bonchev–Trinajstić information content (AvgIpc) is 2.86. The van der Waals surface area contributed by atoms with Crippen LogP contribution in [0.4, 0.5) is 0 Å². The molecule has 2 rings (SSSR count). The molecule has 0 radical (unpaired) electrons. The second-order valence-corrected chi connectivity index (χ2v) is 3.80. The molecule has 0 unspecified atom stereocenters. The van der Waals surface area contributed by atoms with Gasteiger partial charge < -0.3 is 5.11 Å². The maximum atomic E-state index is 9.10. The molecule has 0 aromatic heterocycles. The molecule has 1 aliphatic rings. The van der Waals surface area contributed by atoms with Crippen molar-refractivity contribution in [3.63, 3.8) is 0 Å². The summed E-state index contributed by atoms with van der Waals surface area (Å²) >= 11 is 4.34. The fourth-order valence-electron chi connectivity index (χ4n) is 1.50. The smallest absolute Gasteiger partial charge is 0.115 e. The molecule has 0 bridgehead atoms. The number of phenols is 1. The van der Waals surface area contributed by atoms with E-state index in [0.29, 0.717) is 11.2 Å². The molecule has 0 aliphatic heterocycles. The van der Waals surface area contributed by atoms with E-state index in [2.05, 4.69) is 12.6 Å². The quantitative estimate of drug-likeness (QED) is 0.669. The molecule has 0 amide bonds. The molecular formula is C10H12OS. The van der Waals surface area contributed by atoms with Gasteiger partial charge in [-0.2, -0.15) is 12.6 Å². The monoisotopic (exact) mass is 180 g/mol. The molecule has 1 fully saturated rings.